The van der Waals surface area contributed by atoms with Gasteiger partial charge in [0.2, 0.25) is 5.28 Å². The zero-order valence-corrected chi connectivity index (χ0v) is 14.6. The SMILES string of the molecule is Cc1cc(C)n(-c2ccc(CCc3nc(Cl)ncc3[N+](=O)[O-])cc2)n1. The molecule has 0 fully saturated rings. The molecule has 7 nitrogen and oxygen atoms in total. The summed E-state index contributed by atoms with van der Waals surface area (Å²) in [7, 11) is 0. The Labute approximate surface area is 149 Å². The van der Waals surface area contributed by atoms with Gasteiger partial charge in [-0.2, -0.15) is 5.10 Å². The number of aromatic nitrogens is 4. The Balaban J connectivity index is 1.76. The van der Waals surface area contributed by atoms with Crippen LogP contribution in [0.25, 0.3) is 5.69 Å². The van der Waals surface area contributed by atoms with Gasteiger partial charge < -0.3 is 0 Å². The van der Waals surface area contributed by atoms with Crippen LogP contribution in [0, 0.1) is 24.0 Å². The van der Waals surface area contributed by atoms with Crippen molar-refractivity contribution in [3.05, 3.63) is 74.6 Å². The van der Waals surface area contributed by atoms with Gasteiger partial charge in [-0.15, -0.1) is 0 Å². The zero-order valence-electron chi connectivity index (χ0n) is 13.8. The van der Waals surface area contributed by atoms with Crippen molar-refractivity contribution in [1.82, 2.24) is 19.7 Å². The fourth-order valence-electron chi connectivity index (χ4n) is 2.68. The number of aryl methyl sites for hydroxylation is 4. The second-order valence-corrected chi connectivity index (χ2v) is 6.07. The summed E-state index contributed by atoms with van der Waals surface area (Å²) in [5.74, 6) is 0. The fourth-order valence-corrected chi connectivity index (χ4v) is 2.83. The van der Waals surface area contributed by atoms with Crippen LogP contribution < -0.4 is 0 Å². The number of hydrogen-bond acceptors (Lipinski definition) is 5. The minimum Gasteiger partial charge on any atom is -0.258 e. The lowest BCUT2D eigenvalue weighted by molar-refractivity contribution is -0.386. The Bertz CT molecular complexity index is 921. The maximum Gasteiger partial charge on any atom is 0.308 e. The summed E-state index contributed by atoms with van der Waals surface area (Å²) in [5.41, 5.74) is 4.29. The van der Waals surface area contributed by atoms with E-state index < -0.39 is 4.92 Å². The Morgan fingerprint density at radius 1 is 1.20 bits per heavy atom. The lowest BCUT2D eigenvalue weighted by atomic mass is 10.1. The van der Waals surface area contributed by atoms with Gasteiger partial charge in [0.1, 0.15) is 11.9 Å². The van der Waals surface area contributed by atoms with Gasteiger partial charge in [-0.25, -0.2) is 14.6 Å². The molecule has 0 N–H and O–H groups in total. The van der Waals surface area contributed by atoms with Crippen LogP contribution in [0.3, 0.4) is 0 Å². The third-order valence-corrected chi connectivity index (χ3v) is 4.04. The molecule has 2 aromatic heterocycles. The van der Waals surface area contributed by atoms with Crippen molar-refractivity contribution in [1.29, 1.82) is 0 Å². The van der Waals surface area contributed by atoms with Gasteiger partial charge in [0.15, 0.2) is 0 Å². The number of hydrogen-bond donors (Lipinski definition) is 0. The number of benzene rings is 1. The highest BCUT2D eigenvalue weighted by molar-refractivity contribution is 6.28. The summed E-state index contributed by atoms with van der Waals surface area (Å²) in [4.78, 5) is 18.2. The summed E-state index contributed by atoms with van der Waals surface area (Å²) in [6, 6.07) is 9.96. The normalized spacial score (nSPS) is 10.8. The molecule has 0 spiro atoms. The van der Waals surface area contributed by atoms with E-state index in [9.17, 15) is 10.1 Å². The van der Waals surface area contributed by atoms with E-state index in [1.54, 1.807) is 0 Å². The Hall–Kier alpha value is -2.80. The highest BCUT2D eigenvalue weighted by Crippen LogP contribution is 2.20. The average molecular weight is 358 g/mol. The van der Waals surface area contributed by atoms with Gasteiger partial charge in [0.25, 0.3) is 0 Å². The highest BCUT2D eigenvalue weighted by atomic mass is 35.5. The minimum absolute atomic E-state index is 0.0143. The van der Waals surface area contributed by atoms with E-state index in [-0.39, 0.29) is 11.0 Å². The molecule has 0 aliphatic carbocycles. The molecule has 3 aromatic rings. The second kappa shape index (κ2) is 6.98. The summed E-state index contributed by atoms with van der Waals surface area (Å²) in [6.45, 7) is 3.96. The molecule has 1 aromatic carbocycles. The molecule has 0 saturated carbocycles. The van der Waals surface area contributed by atoms with E-state index in [0.29, 0.717) is 18.5 Å². The van der Waals surface area contributed by atoms with Crippen molar-refractivity contribution in [2.45, 2.75) is 26.7 Å². The van der Waals surface area contributed by atoms with Crippen molar-refractivity contribution < 1.29 is 4.92 Å². The van der Waals surface area contributed by atoms with Crippen molar-refractivity contribution >= 4 is 17.3 Å². The van der Waals surface area contributed by atoms with Crippen LogP contribution in [0.1, 0.15) is 22.6 Å². The average Bonchev–Trinajstić information content (AvgIpc) is 2.91. The molecule has 0 radical (unpaired) electrons. The first-order valence-corrected chi connectivity index (χ1v) is 8.10. The first kappa shape index (κ1) is 17.0. The van der Waals surface area contributed by atoms with Crippen LogP contribution in [-0.4, -0.2) is 24.7 Å². The minimum atomic E-state index is -0.489. The van der Waals surface area contributed by atoms with Gasteiger partial charge in [0, 0.05) is 12.1 Å². The predicted molar refractivity (Wildman–Crippen MR) is 94.1 cm³/mol. The molecule has 0 aliphatic rings. The molecule has 2 heterocycles. The van der Waals surface area contributed by atoms with Crippen LogP contribution in [-0.2, 0) is 12.8 Å². The number of nitrogens with zero attached hydrogens (tertiary/aromatic N) is 5. The van der Waals surface area contributed by atoms with Crippen molar-refractivity contribution in [3.63, 3.8) is 0 Å². The largest absolute Gasteiger partial charge is 0.308 e. The maximum atomic E-state index is 11.1. The van der Waals surface area contributed by atoms with Crippen LogP contribution in [0.2, 0.25) is 5.28 Å². The molecular formula is C17H16ClN5O2. The number of halogens is 1. The van der Waals surface area contributed by atoms with E-state index in [2.05, 4.69) is 15.1 Å². The Kier molecular flexibility index (Phi) is 4.76. The van der Waals surface area contributed by atoms with E-state index in [4.69, 9.17) is 11.6 Å². The highest BCUT2D eigenvalue weighted by Gasteiger charge is 2.16. The first-order chi connectivity index (χ1) is 11.9. The van der Waals surface area contributed by atoms with Gasteiger partial charge in [-0.3, -0.25) is 10.1 Å². The molecule has 0 bridgehead atoms. The number of nitro groups is 1. The van der Waals surface area contributed by atoms with Gasteiger partial charge in [-0.05, 0) is 55.6 Å². The van der Waals surface area contributed by atoms with E-state index in [1.807, 2.05) is 48.9 Å². The molecule has 0 aliphatic heterocycles. The summed E-state index contributed by atoms with van der Waals surface area (Å²) in [5, 5.41) is 15.5. The summed E-state index contributed by atoms with van der Waals surface area (Å²) >= 11 is 5.75. The molecule has 128 valence electrons. The first-order valence-electron chi connectivity index (χ1n) is 7.72. The molecule has 0 saturated heterocycles. The van der Waals surface area contributed by atoms with Crippen LogP contribution >= 0.6 is 11.6 Å². The predicted octanol–water partition coefficient (Wildman–Crippen LogP) is 3.63. The van der Waals surface area contributed by atoms with E-state index >= 15 is 0 Å². The second-order valence-electron chi connectivity index (χ2n) is 5.73. The van der Waals surface area contributed by atoms with Gasteiger partial charge in [-0.1, -0.05) is 12.1 Å². The van der Waals surface area contributed by atoms with Gasteiger partial charge >= 0.3 is 5.69 Å². The van der Waals surface area contributed by atoms with Gasteiger partial charge in [0.05, 0.1) is 16.3 Å². The molecule has 0 unspecified atom stereocenters. The lowest BCUT2D eigenvalue weighted by Crippen LogP contribution is -2.03. The molecule has 25 heavy (non-hydrogen) atoms. The Morgan fingerprint density at radius 3 is 2.52 bits per heavy atom. The van der Waals surface area contributed by atoms with Crippen LogP contribution in [0.5, 0.6) is 0 Å². The molecular weight excluding hydrogens is 342 g/mol. The fraction of sp³-hybridized carbons (Fsp3) is 0.235. The Morgan fingerprint density at radius 2 is 1.92 bits per heavy atom. The van der Waals surface area contributed by atoms with Crippen molar-refractivity contribution in [3.8, 4) is 5.69 Å². The maximum absolute atomic E-state index is 11.1. The lowest BCUT2D eigenvalue weighted by Gasteiger charge is -2.07. The molecule has 0 atom stereocenters. The monoisotopic (exact) mass is 357 g/mol. The zero-order chi connectivity index (χ0) is 18.0. The standard InChI is InChI=1S/C17H16ClN5O2/c1-11-9-12(2)22(21-11)14-6-3-13(4-7-14)5-8-15-16(23(24)25)10-19-17(18)20-15/h3-4,6-7,9-10H,5,8H2,1-2H3. The van der Waals surface area contributed by atoms with Crippen LogP contribution in [0.15, 0.2) is 36.5 Å². The smallest absolute Gasteiger partial charge is 0.258 e. The third-order valence-electron chi connectivity index (χ3n) is 3.85. The molecule has 0 amide bonds. The summed E-state index contributed by atoms with van der Waals surface area (Å²) in [6.07, 6.45) is 2.18. The van der Waals surface area contributed by atoms with Crippen molar-refractivity contribution in [2.75, 3.05) is 0 Å². The summed E-state index contributed by atoms with van der Waals surface area (Å²) < 4.78 is 1.88. The van der Waals surface area contributed by atoms with E-state index in [0.717, 1.165) is 28.8 Å². The van der Waals surface area contributed by atoms with E-state index in [1.165, 1.54) is 0 Å². The number of rotatable bonds is 5. The molecule has 8 heteroatoms. The third kappa shape index (κ3) is 3.83. The van der Waals surface area contributed by atoms with Crippen LogP contribution in [0.4, 0.5) is 5.69 Å². The molecule has 3 rings (SSSR count). The quantitative estimate of drug-likeness (QED) is 0.395. The van der Waals surface area contributed by atoms with Crippen molar-refractivity contribution in [2.24, 2.45) is 0 Å². The topological polar surface area (TPSA) is 86.7 Å².